The maximum absolute atomic E-state index is 10.3. The van der Waals surface area contributed by atoms with Gasteiger partial charge in [-0.15, -0.1) is 0 Å². The minimum absolute atomic E-state index is 0. The molecular weight excluding hydrogens is 388 g/mol. The third kappa shape index (κ3) is 133. The Bertz CT molecular complexity index is 214. The monoisotopic (exact) mass is 396 g/mol. The van der Waals surface area contributed by atoms with E-state index in [1.54, 1.807) is 0 Å². The van der Waals surface area contributed by atoms with Crippen molar-refractivity contribution in [2.24, 2.45) is 0 Å². The van der Waals surface area contributed by atoms with Crippen molar-refractivity contribution in [2.45, 2.75) is 5.07 Å². The molecule has 0 heterocycles. The van der Waals surface area contributed by atoms with E-state index in [2.05, 4.69) is 20.0 Å². The number of alkyl halides is 3. The second kappa shape index (κ2) is 29.6. The van der Waals surface area contributed by atoms with Crippen molar-refractivity contribution in [2.75, 3.05) is 0 Å². The molecule has 0 fully saturated rings. The Morgan fingerprint density at radius 1 is 0.765 bits per heavy atom. The Kier molecular flexibility index (Phi) is 52.4. The van der Waals surface area contributed by atoms with Crippen LogP contribution in [-0.4, -0.2) is 21.1 Å². The molecule has 0 saturated heterocycles. The van der Waals surface area contributed by atoms with E-state index in [-0.39, 0.29) is 21.1 Å². The molecule has 1 aliphatic rings. The summed E-state index contributed by atoms with van der Waals surface area (Å²) in [6.45, 7) is 13.5. The van der Waals surface area contributed by atoms with Crippen molar-refractivity contribution in [3.05, 3.63) is 50.7 Å². The predicted molar refractivity (Wildman–Crippen MR) is 46.2 cm³/mol. The van der Waals surface area contributed by atoms with Crippen LogP contribution in [0.1, 0.15) is 0 Å². The van der Waals surface area contributed by atoms with E-state index in [9.17, 15) is 13.2 Å². The minimum Gasteiger partial charge on any atom is -0.0767 e. The maximum atomic E-state index is 10.3. The molecule has 0 saturated carbocycles. The van der Waals surface area contributed by atoms with Crippen LogP contribution in [0, 0.1) is 26.4 Å². The maximum Gasteiger partial charge on any atom is 0.00506 e. The molecule has 0 amide bonds. The second-order valence-corrected chi connectivity index (χ2v) is 2.38. The van der Waals surface area contributed by atoms with Gasteiger partial charge in [0.05, 0.1) is 0 Å². The molecule has 0 aromatic rings. The fourth-order valence-electron chi connectivity index (χ4n) is 0.321. The number of allylic oxidation sites excluding steroid dienone is 4. The number of hydrogen-bond acceptors (Lipinski definition) is 0. The summed E-state index contributed by atoms with van der Waals surface area (Å²) in [6, 6.07) is 0. The Balaban J connectivity index is -0.0000000380. The standard InChI is InChI=1S/C5H5.CF3Se.3CO.Mo/c1-2-4-5-3-1;2-1(3,4)5;3*1-2;/h1-5H;;;;;. The molecule has 0 aromatic heterocycles. The molecular formula is C9H5F3MoO3Se. The van der Waals surface area contributed by atoms with Gasteiger partial charge in [0.1, 0.15) is 0 Å². The molecule has 3 nitrogen and oxygen atoms in total. The van der Waals surface area contributed by atoms with Crippen LogP contribution in [0.2, 0.25) is 0 Å². The third-order valence-corrected chi connectivity index (χ3v) is 0.556. The number of rotatable bonds is 0. The van der Waals surface area contributed by atoms with Crippen molar-refractivity contribution >= 4 is 16.0 Å². The molecule has 1 rings (SSSR count). The van der Waals surface area contributed by atoms with Gasteiger partial charge in [-0.25, -0.2) is 0 Å². The fourth-order valence-corrected chi connectivity index (χ4v) is 0.321. The summed E-state index contributed by atoms with van der Waals surface area (Å²) in [5, 5.41) is -4.12. The average Bonchev–Trinajstić information content (AvgIpc) is 2.82. The average molecular weight is 393 g/mol. The Morgan fingerprint density at radius 3 is 1.00 bits per heavy atom. The zero-order valence-electron chi connectivity index (χ0n) is 8.06. The summed E-state index contributed by atoms with van der Waals surface area (Å²) < 4.78 is 53.4. The second-order valence-electron chi connectivity index (χ2n) is 1.41. The van der Waals surface area contributed by atoms with Crippen molar-refractivity contribution in [3.8, 4) is 0 Å². The first kappa shape index (κ1) is 30.1. The Hall–Kier alpha value is -0.302. The van der Waals surface area contributed by atoms with Crippen LogP contribution in [0.25, 0.3) is 0 Å². The first-order valence-corrected chi connectivity index (χ1v) is 3.91. The summed E-state index contributed by atoms with van der Waals surface area (Å²) in [5.74, 6) is 0. The van der Waals surface area contributed by atoms with Gasteiger partial charge in [0.25, 0.3) is 0 Å². The molecule has 0 N–H and O–H groups in total. The summed E-state index contributed by atoms with van der Waals surface area (Å²) in [6.07, 6.45) is 10.0. The third-order valence-electron chi connectivity index (χ3n) is 0.556. The molecule has 0 aliphatic heterocycles. The smallest absolute Gasteiger partial charge is 0.00506 e. The van der Waals surface area contributed by atoms with Gasteiger partial charge >= 0.3 is 68.2 Å². The van der Waals surface area contributed by atoms with Crippen LogP contribution in [0.4, 0.5) is 13.2 Å². The van der Waals surface area contributed by atoms with Gasteiger partial charge in [0.2, 0.25) is 0 Å². The van der Waals surface area contributed by atoms with Gasteiger partial charge in [-0.1, -0.05) is 24.3 Å². The van der Waals surface area contributed by atoms with Crippen LogP contribution < -0.4 is 0 Å². The van der Waals surface area contributed by atoms with E-state index in [0.29, 0.717) is 0 Å². The van der Waals surface area contributed by atoms with Crippen LogP contribution in [0.3, 0.4) is 0 Å². The van der Waals surface area contributed by atoms with Crippen molar-refractivity contribution in [1.29, 1.82) is 0 Å². The van der Waals surface area contributed by atoms with Crippen LogP contribution in [0.5, 0.6) is 0 Å². The summed E-state index contributed by atoms with van der Waals surface area (Å²) >= 11 is 0.979. The molecule has 2 radical (unpaired) electrons. The predicted octanol–water partition coefficient (Wildman–Crippen LogP) is 1.88. The number of halogens is 3. The normalized spacial score (nSPS) is 9.06. The quantitative estimate of drug-likeness (QED) is 0.343. The first-order chi connectivity index (χ1) is 7.50. The van der Waals surface area contributed by atoms with E-state index in [4.69, 9.17) is 14.0 Å². The number of hydrogen-bond donors (Lipinski definition) is 0. The van der Waals surface area contributed by atoms with Gasteiger partial charge in [-0.05, 0) is 0 Å². The molecule has 92 valence electrons. The molecule has 1 aliphatic carbocycles. The molecule has 0 spiro atoms. The van der Waals surface area contributed by atoms with Gasteiger partial charge in [0.15, 0.2) is 0 Å². The minimum atomic E-state index is -4.12. The topological polar surface area (TPSA) is 59.7 Å². The van der Waals surface area contributed by atoms with Gasteiger partial charge in [-0.2, -0.15) is 0 Å². The van der Waals surface area contributed by atoms with Crippen LogP contribution in [-0.2, 0) is 35.0 Å². The van der Waals surface area contributed by atoms with Crippen molar-refractivity contribution < 1.29 is 48.2 Å². The van der Waals surface area contributed by atoms with E-state index >= 15 is 0 Å². The SMILES string of the molecule is FC(F)(F)[Se].[C-]#[O+].[C-]#[O+].[C-]#[O+].[CH]1C=CC=C1.[Mo]. The first-order valence-electron chi connectivity index (χ1n) is 3.05. The Labute approximate surface area is 120 Å². The van der Waals surface area contributed by atoms with Crippen LogP contribution >= 0.6 is 0 Å². The van der Waals surface area contributed by atoms with E-state index in [0.717, 1.165) is 16.0 Å². The van der Waals surface area contributed by atoms with Gasteiger partial charge < -0.3 is 0 Å². The summed E-state index contributed by atoms with van der Waals surface area (Å²) in [7, 11) is 0. The summed E-state index contributed by atoms with van der Waals surface area (Å²) in [4.78, 5) is 0. The molecule has 0 atom stereocenters. The van der Waals surface area contributed by atoms with Crippen molar-refractivity contribution in [3.63, 3.8) is 0 Å². The van der Waals surface area contributed by atoms with Gasteiger partial charge in [-0.3, -0.25) is 0 Å². The molecule has 0 unspecified atom stereocenters. The van der Waals surface area contributed by atoms with E-state index in [1.165, 1.54) is 0 Å². The largest absolute Gasteiger partial charge is 0.0767 e. The summed E-state index contributed by atoms with van der Waals surface area (Å²) in [5.41, 5.74) is 0. The molecule has 17 heavy (non-hydrogen) atoms. The zero-order valence-corrected chi connectivity index (χ0v) is 11.8. The Morgan fingerprint density at radius 2 is 0.941 bits per heavy atom. The molecule has 0 bridgehead atoms. The van der Waals surface area contributed by atoms with Crippen LogP contribution in [0.15, 0.2) is 24.3 Å². The molecule has 8 heteroatoms. The van der Waals surface area contributed by atoms with E-state index < -0.39 is 5.07 Å². The van der Waals surface area contributed by atoms with E-state index in [1.807, 2.05) is 30.7 Å². The molecule has 0 aromatic carbocycles. The zero-order chi connectivity index (χ0) is 14.0. The van der Waals surface area contributed by atoms with Crippen molar-refractivity contribution in [1.82, 2.24) is 0 Å². The van der Waals surface area contributed by atoms with Gasteiger partial charge in [0, 0.05) is 27.5 Å². The fraction of sp³-hybridized carbons (Fsp3) is 0.111.